The number of nitrogens with zero attached hydrogens (tertiary/aromatic N) is 4. The van der Waals surface area contributed by atoms with Gasteiger partial charge in [0.25, 0.3) is 5.91 Å². The number of nitrogens with one attached hydrogen (secondary N) is 2. The maximum atomic E-state index is 16.1. The van der Waals surface area contributed by atoms with Crippen LogP contribution in [0.3, 0.4) is 0 Å². The van der Waals surface area contributed by atoms with Crippen molar-refractivity contribution in [1.82, 2.24) is 25.6 Å². The van der Waals surface area contributed by atoms with E-state index in [0.717, 1.165) is 24.2 Å². The van der Waals surface area contributed by atoms with Gasteiger partial charge in [-0.25, -0.2) is 4.39 Å². The van der Waals surface area contributed by atoms with Crippen molar-refractivity contribution in [2.24, 2.45) is 29.1 Å². The largest absolute Gasteiger partial charge is 0.496 e. The molecule has 3 aliphatic carbocycles. The van der Waals surface area contributed by atoms with E-state index in [1.807, 2.05) is 68.3 Å². The van der Waals surface area contributed by atoms with Gasteiger partial charge in [0.1, 0.15) is 23.7 Å². The third-order valence-corrected chi connectivity index (χ3v) is 12.9. The van der Waals surface area contributed by atoms with Crippen molar-refractivity contribution in [2.45, 2.75) is 83.8 Å². The monoisotopic (exact) mass is 788 g/mol. The summed E-state index contributed by atoms with van der Waals surface area (Å²) in [6.07, 6.45) is 2.41. The van der Waals surface area contributed by atoms with Gasteiger partial charge >= 0.3 is 0 Å². The molecule has 310 valence electrons. The number of hydrogen-bond acceptors (Lipinski definition) is 10. The summed E-state index contributed by atoms with van der Waals surface area (Å²) < 4.78 is 22.0. The maximum Gasteiger partial charge on any atom is 0.251 e. The highest BCUT2D eigenvalue weighted by molar-refractivity contribution is 5.97. The average molecular weight is 789 g/mol. The van der Waals surface area contributed by atoms with Gasteiger partial charge in [-0.2, -0.15) is 5.06 Å². The molecule has 57 heavy (non-hydrogen) atoms. The van der Waals surface area contributed by atoms with Crippen LogP contribution in [-0.2, 0) is 22.6 Å². The lowest BCUT2D eigenvalue weighted by atomic mass is 9.45. The van der Waals surface area contributed by atoms with Crippen LogP contribution in [0.5, 0.6) is 5.75 Å². The zero-order valence-corrected chi connectivity index (χ0v) is 34.8. The second-order valence-electron chi connectivity index (χ2n) is 17.5. The quantitative estimate of drug-likeness (QED) is 0.174. The topological polar surface area (TPSA) is 140 Å². The van der Waals surface area contributed by atoms with Crippen LogP contribution in [0.15, 0.2) is 54.7 Å². The summed E-state index contributed by atoms with van der Waals surface area (Å²) >= 11 is 0. The molecular formula is C44H61FN6O6. The van der Waals surface area contributed by atoms with Crippen LogP contribution in [-0.4, -0.2) is 116 Å². The molecule has 1 saturated heterocycles. The SMILES string of the molecule is COc1c(-c2cc(C(=O)N[C@@H](Cc3ccccn3)CN(C)C)cc(N(C)C)c2)ccc(F)c1CN1O[C@@H](CO)[C@@H]([C@H](C)O)[C@H]1C(=O)N[C@H]1C[C@@H]2C[C@H]([C@@H]1C)C2(C)C. The number of pyridine rings is 1. The van der Waals surface area contributed by atoms with E-state index in [-0.39, 0.29) is 53.1 Å². The van der Waals surface area contributed by atoms with Crippen molar-refractivity contribution >= 4 is 17.5 Å². The van der Waals surface area contributed by atoms with Crippen molar-refractivity contribution in [3.63, 3.8) is 0 Å². The highest BCUT2D eigenvalue weighted by Crippen LogP contribution is 2.61. The fourth-order valence-corrected chi connectivity index (χ4v) is 9.65. The van der Waals surface area contributed by atoms with Crippen LogP contribution >= 0.6 is 0 Å². The number of benzene rings is 2. The van der Waals surface area contributed by atoms with Crippen molar-refractivity contribution in [3.05, 3.63) is 77.4 Å². The molecule has 4 N–H and O–H groups in total. The zero-order chi connectivity index (χ0) is 41.3. The van der Waals surface area contributed by atoms with E-state index in [9.17, 15) is 19.8 Å². The molecule has 1 aromatic heterocycles. The minimum absolute atomic E-state index is 0.0444. The fourth-order valence-electron chi connectivity index (χ4n) is 9.65. The van der Waals surface area contributed by atoms with Gasteiger partial charge in [0, 0.05) is 79.3 Å². The van der Waals surface area contributed by atoms with E-state index >= 15 is 4.39 Å². The number of aliphatic hydroxyl groups excluding tert-OH is 2. The highest BCUT2D eigenvalue weighted by atomic mass is 19.1. The Hall–Kier alpha value is -4.14. The molecule has 7 rings (SSSR count). The number of ether oxygens (including phenoxy) is 1. The van der Waals surface area contributed by atoms with Crippen molar-refractivity contribution in [3.8, 4) is 16.9 Å². The lowest BCUT2D eigenvalue weighted by molar-refractivity contribution is -0.183. The van der Waals surface area contributed by atoms with E-state index in [4.69, 9.17) is 9.57 Å². The minimum Gasteiger partial charge on any atom is -0.496 e. The number of halogens is 1. The van der Waals surface area contributed by atoms with E-state index in [0.29, 0.717) is 41.5 Å². The number of aromatic nitrogens is 1. The van der Waals surface area contributed by atoms with Gasteiger partial charge in [-0.15, -0.1) is 0 Å². The molecule has 12 nitrogen and oxygen atoms in total. The number of carbonyl (C=O) groups is 2. The molecule has 0 unspecified atom stereocenters. The molecule has 0 spiro atoms. The number of fused-ring (bicyclic) bond motifs is 2. The molecule has 2 amide bonds. The Labute approximate surface area is 336 Å². The molecule has 13 heteroatoms. The molecule has 2 aromatic carbocycles. The number of rotatable bonds is 15. The van der Waals surface area contributed by atoms with Crippen molar-refractivity contribution < 1.29 is 33.8 Å². The highest BCUT2D eigenvalue weighted by Gasteiger charge is 2.57. The van der Waals surface area contributed by atoms with Gasteiger partial charge < -0.3 is 35.4 Å². The van der Waals surface area contributed by atoms with Gasteiger partial charge in [-0.1, -0.05) is 26.8 Å². The summed E-state index contributed by atoms with van der Waals surface area (Å²) in [7, 11) is 9.13. The normalized spacial score (nSPS) is 26.4. The number of likely N-dealkylation sites (N-methyl/N-ethyl adjacent to an activating group) is 1. The van der Waals surface area contributed by atoms with Crippen molar-refractivity contribution in [2.75, 3.05) is 53.4 Å². The first-order chi connectivity index (χ1) is 27.0. The molecule has 0 radical (unpaired) electrons. The second kappa shape index (κ2) is 17.4. The second-order valence-corrected chi connectivity index (χ2v) is 17.5. The Balaban J connectivity index is 1.31. The summed E-state index contributed by atoms with van der Waals surface area (Å²) in [6.45, 7) is 8.33. The lowest BCUT2D eigenvalue weighted by Gasteiger charge is -2.62. The maximum absolute atomic E-state index is 16.1. The number of methoxy groups -OCH3 is 1. The number of amides is 2. The molecule has 4 aliphatic rings. The van der Waals surface area contributed by atoms with E-state index < -0.39 is 36.6 Å². The molecule has 3 saturated carbocycles. The number of carbonyl (C=O) groups excluding carboxylic acids is 2. The van der Waals surface area contributed by atoms with Gasteiger partial charge in [-0.05, 0) is 105 Å². The average Bonchev–Trinajstić information content (AvgIpc) is 3.54. The van der Waals surface area contributed by atoms with Gasteiger partial charge in [0.2, 0.25) is 5.91 Å². The first-order valence-corrected chi connectivity index (χ1v) is 20.1. The van der Waals surface area contributed by atoms with Crippen molar-refractivity contribution in [1.29, 1.82) is 0 Å². The molecule has 4 fully saturated rings. The molecular weight excluding hydrogens is 728 g/mol. The van der Waals surface area contributed by atoms with Crippen LogP contribution < -0.4 is 20.3 Å². The summed E-state index contributed by atoms with van der Waals surface area (Å²) in [5, 5.41) is 29.2. The smallest absolute Gasteiger partial charge is 0.251 e. The Morgan fingerprint density at radius 2 is 1.88 bits per heavy atom. The van der Waals surface area contributed by atoms with Gasteiger partial charge in [-0.3, -0.25) is 19.4 Å². The Bertz CT molecular complexity index is 1890. The summed E-state index contributed by atoms with van der Waals surface area (Å²) in [6, 6.07) is 12.9. The van der Waals surface area contributed by atoms with Crippen LogP contribution in [0.1, 0.15) is 62.2 Å². The van der Waals surface area contributed by atoms with Crippen LogP contribution in [0.25, 0.3) is 11.1 Å². The third-order valence-electron chi connectivity index (χ3n) is 12.9. The summed E-state index contributed by atoms with van der Waals surface area (Å²) in [4.78, 5) is 42.8. The van der Waals surface area contributed by atoms with E-state index in [2.05, 4.69) is 36.4 Å². The van der Waals surface area contributed by atoms with Gasteiger partial charge in [0.05, 0.1) is 26.4 Å². The first-order valence-electron chi connectivity index (χ1n) is 20.1. The van der Waals surface area contributed by atoms with Crippen LogP contribution in [0.4, 0.5) is 10.1 Å². The Kier molecular flexibility index (Phi) is 12.9. The lowest BCUT2D eigenvalue weighted by Crippen LogP contribution is -2.62. The van der Waals surface area contributed by atoms with Gasteiger partial charge in [0.15, 0.2) is 0 Å². The summed E-state index contributed by atoms with van der Waals surface area (Å²) in [5.74, 6) is -0.451. The number of hydrogen-bond donors (Lipinski definition) is 4. The summed E-state index contributed by atoms with van der Waals surface area (Å²) in [5.41, 5.74) is 3.56. The molecule has 2 heterocycles. The zero-order valence-electron chi connectivity index (χ0n) is 34.8. The number of aliphatic hydroxyl groups is 2. The predicted octanol–water partition coefficient (Wildman–Crippen LogP) is 4.53. The van der Waals surface area contributed by atoms with Crippen LogP contribution in [0.2, 0.25) is 0 Å². The minimum atomic E-state index is -1.01. The first kappa shape index (κ1) is 42.5. The molecule has 9 atom stereocenters. The standard InChI is InChI=1S/C44H61FN6O6/c1-25-35-19-29(44(35,3)4)20-37(25)48-43(55)40-39(26(2)53)38(24-52)57-51(40)23-34-36(45)14-13-33(41(34)56-9)27-16-28(18-32(17-27)50(7)8)42(54)47-31(22-49(5)6)21-30-12-10-11-15-46-30/h10-18,25-26,29,31,35,37-40,52-53H,19-24H2,1-9H3,(H,47,54)(H,48,55)/t25-,26-,29-,31-,35+,37-,38-,39+,40-/m0/s1. The predicted molar refractivity (Wildman–Crippen MR) is 218 cm³/mol. The van der Waals surface area contributed by atoms with E-state index in [1.165, 1.54) is 18.2 Å². The Morgan fingerprint density at radius 3 is 2.47 bits per heavy atom. The van der Waals surface area contributed by atoms with Crippen LogP contribution in [0, 0.1) is 34.9 Å². The molecule has 3 aromatic rings. The van der Waals surface area contributed by atoms with E-state index in [1.54, 1.807) is 25.3 Å². The molecule has 2 bridgehead atoms. The third kappa shape index (κ3) is 8.83. The fraction of sp³-hybridized carbons (Fsp3) is 0.568. The number of hydroxylamine groups is 2. The number of anilines is 1. The molecule has 1 aliphatic heterocycles. The Morgan fingerprint density at radius 1 is 1.12 bits per heavy atom.